The second kappa shape index (κ2) is 11.5. The van der Waals surface area contributed by atoms with Crippen molar-refractivity contribution in [1.82, 2.24) is 25.2 Å². The van der Waals surface area contributed by atoms with Crippen molar-refractivity contribution in [3.63, 3.8) is 0 Å². The molecule has 3 N–H and O–H groups in total. The summed E-state index contributed by atoms with van der Waals surface area (Å²) in [5.74, 6) is 1.97. The third-order valence-electron chi connectivity index (χ3n) is 5.84. The molecule has 1 aliphatic rings. The highest BCUT2D eigenvalue weighted by molar-refractivity contribution is 5.95. The lowest BCUT2D eigenvalue weighted by molar-refractivity contribution is 0.0792. The Kier molecular flexibility index (Phi) is 8.02. The summed E-state index contributed by atoms with van der Waals surface area (Å²) in [6.07, 6.45) is 5.48. The standard InChI is InChI=1S/C25H25N5O3.C2H7N/c1-32-18-7-5-16-11-21(27-20(16)13-18)22-14-26-15-24(29-22)28-19-8-6-17(12-23(19)33-2)25(31)30-9-3-4-10-30;1-3-2/h5-8,11-15,27H,3-4,9-10H2,1-2H3,(H,28,29);3H,1-2H3. The van der Waals surface area contributed by atoms with E-state index in [2.05, 4.69) is 20.6 Å². The molecular formula is C27H32N6O3. The van der Waals surface area contributed by atoms with Crippen molar-refractivity contribution < 1.29 is 14.3 Å². The van der Waals surface area contributed by atoms with E-state index < -0.39 is 0 Å². The Labute approximate surface area is 210 Å². The highest BCUT2D eigenvalue weighted by Crippen LogP contribution is 2.30. The van der Waals surface area contributed by atoms with Crippen molar-refractivity contribution in [3.8, 4) is 22.9 Å². The molecule has 1 amide bonds. The summed E-state index contributed by atoms with van der Waals surface area (Å²) in [6, 6.07) is 13.3. The van der Waals surface area contributed by atoms with Gasteiger partial charge in [-0.15, -0.1) is 0 Å². The lowest BCUT2D eigenvalue weighted by Crippen LogP contribution is -2.27. The topological polar surface area (TPSA) is 104 Å². The van der Waals surface area contributed by atoms with Crippen LogP contribution in [-0.2, 0) is 0 Å². The van der Waals surface area contributed by atoms with Crippen LogP contribution in [-0.4, -0.2) is 67.2 Å². The Morgan fingerprint density at radius 3 is 2.50 bits per heavy atom. The molecule has 4 aromatic rings. The van der Waals surface area contributed by atoms with E-state index in [1.54, 1.807) is 32.7 Å². The van der Waals surface area contributed by atoms with Crippen LogP contribution in [0.25, 0.3) is 22.3 Å². The minimum absolute atomic E-state index is 0.0366. The number of aromatic nitrogens is 3. The molecule has 3 heterocycles. The SMILES string of the molecule is CNC.COc1ccc2cc(-c3cncc(Nc4ccc(C(=O)N5CCCC5)cc4OC)n3)[nH]c2c1. The molecule has 0 bridgehead atoms. The maximum Gasteiger partial charge on any atom is 0.253 e. The molecule has 1 saturated heterocycles. The number of H-pyrrole nitrogens is 1. The first-order chi connectivity index (χ1) is 17.6. The van der Waals surface area contributed by atoms with Crippen molar-refractivity contribution >= 4 is 28.3 Å². The second-order valence-corrected chi connectivity index (χ2v) is 8.47. The number of anilines is 2. The quantitative estimate of drug-likeness (QED) is 0.368. The number of benzene rings is 2. The predicted molar refractivity (Wildman–Crippen MR) is 142 cm³/mol. The Hall–Kier alpha value is -4.11. The van der Waals surface area contributed by atoms with E-state index in [1.165, 1.54) is 0 Å². The molecule has 9 heteroatoms. The number of fused-ring (bicyclic) bond motifs is 1. The normalized spacial score (nSPS) is 12.7. The molecular weight excluding hydrogens is 456 g/mol. The first-order valence-electron chi connectivity index (χ1n) is 11.9. The zero-order valence-corrected chi connectivity index (χ0v) is 21.1. The highest BCUT2D eigenvalue weighted by atomic mass is 16.5. The molecule has 0 aliphatic carbocycles. The van der Waals surface area contributed by atoms with Crippen LogP contribution in [0.1, 0.15) is 23.2 Å². The smallest absolute Gasteiger partial charge is 0.253 e. The van der Waals surface area contributed by atoms with E-state index in [0.29, 0.717) is 28.5 Å². The summed E-state index contributed by atoms with van der Waals surface area (Å²) in [4.78, 5) is 27.0. The summed E-state index contributed by atoms with van der Waals surface area (Å²) in [5.41, 5.74) is 3.85. The zero-order chi connectivity index (χ0) is 25.5. The van der Waals surface area contributed by atoms with E-state index in [9.17, 15) is 4.79 Å². The number of aromatic amines is 1. The van der Waals surface area contributed by atoms with E-state index in [4.69, 9.17) is 14.5 Å². The van der Waals surface area contributed by atoms with Crippen LogP contribution >= 0.6 is 0 Å². The number of ether oxygens (including phenoxy) is 2. The fraction of sp³-hybridized carbons (Fsp3) is 0.296. The number of methoxy groups -OCH3 is 2. The molecule has 1 aliphatic heterocycles. The van der Waals surface area contributed by atoms with Gasteiger partial charge in [0.05, 0.1) is 38.0 Å². The second-order valence-electron chi connectivity index (χ2n) is 8.47. The molecule has 1 fully saturated rings. The van der Waals surface area contributed by atoms with E-state index >= 15 is 0 Å². The number of likely N-dealkylation sites (tertiary alicyclic amines) is 1. The molecule has 5 rings (SSSR count). The van der Waals surface area contributed by atoms with E-state index in [-0.39, 0.29) is 5.91 Å². The Morgan fingerprint density at radius 2 is 1.78 bits per heavy atom. The highest BCUT2D eigenvalue weighted by Gasteiger charge is 2.20. The van der Waals surface area contributed by atoms with Gasteiger partial charge in [-0.05, 0) is 63.3 Å². The summed E-state index contributed by atoms with van der Waals surface area (Å²) in [6.45, 7) is 1.62. The largest absolute Gasteiger partial charge is 0.497 e. The number of nitrogens with one attached hydrogen (secondary N) is 3. The van der Waals surface area contributed by atoms with Gasteiger partial charge in [0, 0.05) is 35.6 Å². The van der Waals surface area contributed by atoms with Crippen LogP contribution in [0, 0.1) is 0 Å². The first-order valence-corrected chi connectivity index (χ1v) is 11.9. The Morgan fingerprint density at radius 1 is 1.00 bits per heavy atom. The molecule has 0 radical (unpaired) electrons. The number of amides is 1. The van der Waals surface area contributed by atoms with Crippen molar-refractivity contribution in [2.45, 2.75) is 12.8 Å². The van der Waals surface area contributed by atoms with Crippen molar-refractivity contribution in [1.29, 1.82) is 0 Å². The van der Waals surface area contributed by atoms with Crippen LogP contribution in [0.5, 0.6) is 11.5 Å². The predicted octanol–water partition coefficient (Wildman–Crippen LogP) is 4.46. The van der Waals surface area contributed by atoms with Gasteiger partial charge >= 0.3 is 0 Å². The lowest BCUT2D eigenvalue weighted by Gasteiger charge is -2.17. The summed E-state index contributed by atoms with van der Waals surface area (Å²) < 4.78 is 10.9. The number of carbonyl (C=O) groups is 1. The van der Waals surface area contributed by atoms with Gasteiger partial charge in [0.1, 0.15) is 23.0 Å². The summed E-state index contributed by atoms with van der Waals surface area (Å²) >= 11 is 0. The molecule has 0 saturated carbocycles. The van der Waals surface area contributed by atoms with E-state index in [0.717, 1.165) is 48.3 Å². The Bertz CT molecular complexity index is 1330. The molecule has 0 unspecified atom stereocenters. The fourth-order valence-electron chi connectivity index (χ4n) is 4.10. The number of hydrogen-bond donors (Lipinski definition) is 3. The molecule has 36 heavy (non-hydrogen) atoms. The fourth-order valence-corrected chi connectivity index (χ4v) is 4.10. The Balaban J connectivity index is 0.000000967. The molecule has 188 valence electrons. The van der Waals surface area contributed by atoms with Gasteiger partial charge in [0.15, 0.2) is 0 Å². The number of carbonyl (C=O) groups excluding carboxylic acids is 1. The number of rotatable bonds is 6. The van der Waals surface area contributed by atoms with Crippen molar-refractivity contribution in [2.24, 2.45) is 0 Å². The monoisotopic (exact) mass is 488 g/mol. The van der Waals surface area contributed by atoms with Crippen LogP contribution in [0.4, 0.5) is 11.5 Å². The van der Waals surface area contributed by atoms with Crippen LogP contribution in [0.3, 0.4) is 0 Å². The summed E-state index contributed by atoms with van der Waals surface area (Å²) in [5, 5.41) is 7.07. The first kappa shape index (κ1) is 25.0. The van der Waals surface area contributed by atoms with Crippen LogP contribution in [0.2, 0.25) is 0 Å². The third kappa shape index (κ3) is 5.58. The van der Waals surface area contributed by atoms with Gasteiger partial charge in [-0.3, -0.25) is 9.78 Å². The maximum absolute atomic E-state index is 12.7. The minimum Gasteiger partial charge on any atom is -0.497 e. The molecule has 2 aromatic heterocycles. The van der Waals surface area contributed by atoms with Gasteiger partial charge in [-0.2, -0.15) is 0 Å². The van der Waals surface area contributed by atoms with E-state index in [1.807, 2.05) is 55.4 Å². The molecule has 2 aromatic carbocycles. The molecule has 0 atom stereocenters. The zero-order valence-electron chi connectivity index (χ0n) is 21.1. The minimum atomic E-state index is 0.0366. The summed E-state index contributed by atoms with van der Waals surface area (Å²) in [7, 11) is 6.99. The van der Waals surface area contributed by atoms with Gasteiger partial charge in [0.25, 0.3) is 5.91 Å². The van der Waals surface area contributed by atoms with Crippen molar-refractivity contribution in [3.05, 3.63) is 60.4 Å². The maximum atomic E-state index is 12.7. The molecule has 0 spiro atoms. The average molecular weight is 489 g/mol. The van der Waals surface area contributed by atoms with Crippen molar-refractivity contribution in [2.75, 3.05) is 46.7 Å². The van der Waals surface area contributed by atoms with Gasteiger partial charge < -0.3 is 30.0 Å². The van der Waals surface area contributed by atoms with Crippen LogP contribution < -0.4 is 20.1 Å². The van der Waals surface area contributed by atoms with Gasteiger partial charge in [-0.1, -0.05) is 0 Å². The van der Waals surface area contributed by atoms with Crippen LogP contribution in [0.15, 0.2) is 54.9 Å². The lowest BCUT2D eigenvalue weighted by atomic mass is 10.1. The number of nitrogens with zero attached hydrogens (tertiary/aromatic N) is 3. The van der Waals surface area contributed by atoms with Gasteiger partial charge in [0.2, 0.25) is 0 Å². The van der Waals surface area contributed by atoms with Gasteiger partial charge in [-0.25, -0.2) is 4.98 Å². The average Bonchev–Trinajstić information content (AvgIpc) is 3.59. The number of hydrogen-bond acceptors (Lipinski definition) is 7. The molecule has 9 nitrogen and oxygen atoms in total. The third-order valence-corrected chi connectivity index (χ3v) is 5.84.